The normalized spacial score (nSPS) is 27.0. The van der Waals surface area contributed by atoms with Crippen LogP contribution in [-0.2, 0) is 9.59 Å². The quantitative estimate of drug-likeness (QED) is 0.528. The largest absolute Gasteiger partial charge is 0.508 e. The molecule has 0 spiro atoms. The molecule has 142 valence electrons. The number of phenolic OH excluding ortho intramolecular Hbond substituents is 1. The van der Waals surface area contributed by atoms with E-state index in [1.165, 1.54) is 24.3 Å². The van der Waals surface area contributed by atoms with E-state index in [4.69, 9.17) is 0 Å². The molecule has 3 heterocycles. The number of amides is 2. The summed E-state index contributed by atoms with van der Waals surface area (Å²) in [7, 11) is 0. The lowest BCUT2D eigenvalue weighted by atomic mass is 9.95. The van der Waals surface area contributed by atoms with Crippen LogP contribution in [0.5, 0.6) is 5.75 Å². The summed E-state index contributed by atoms with van der Waals surface area (Å²) in [6.07, 6.45) is -1.43. The number of hydrogen-bond acceptors (Lipinski definition) is 8. The summed E-state index contributed by atoms with van der Waals surface area (Å²) in [4.78, 5) is 26.7. The number of aromatic hydroxyl groups is 1. The van der Waals surface area contributed by atoms with E-state index in [1.54, 1.807) is 16.7 Å². The van der Waals surface area contributed by atoms with Crippen molar-refractivity contribution in [3.8, 4) is 5.75 Å². The van der Waals surface area contributed by atoms with Gasteiger partial charge in [-0.25, -0.2) is 0 Å². The number of thioether (sulfide) groups is 1. The minimum atomic E-state index is -1.43. The fourth-order valence-corrected chi connectivity index (χ4v) is 5.12. The van der Waals surface area contributed by atoms with Gasteiger partial charge in [0.25, 0.3) is 5.91 Å². The second kappa shape index (κ2) is 6.20. The Bertz CT molecular complexity index is 872. The summed E-state index contributed by atoms with van der Waals surface area (Å²) in [5.74, 6) is -0.454. The smallest absolute Gasteiger partial charge is 0.254 e. The van der Waals surface area contributed by atoms with Gasteiger partial charge in [0.15, 0.2) is 11.9 Å². The molecule has 11 heteroatoms. The number of rotatable bonds is 4. The Hall–Kier alpha value is -2.66. The highest BCUT2D eigenvalue weighted by Crippen LogP contribution is 2.56. The number of aromatic amines is 1. The number of carbonyl (C=O) groups is 2. The number of carbonyl (C=O) groups excluding carboxylic acids is 2. The lowest BCUT2D eigenvalue weighted by molar-refractivity contribution is -0.153. The number of fused-ring (bicyclic) bond motifs is 1. The van der Waals surface area contributed by atoms with Crippen LogP contribution in [-0.4, -0.2) is 63.7 Å². The molecule has 0 saturated carbocycles. The maximum atomic E-state index is 12.7. The van der Waals surface area contributed by atoms with E-state index in [0.29, 0.717) is 11.4 Å². The number of H-pyrrole nitrogens is 1. The number of β-lactam (4-membered cyclic amide) rings is 1. The third kappa shape index (κ3) is 2.82. The first-order chi connectivity index (χ1) is 12.8. The summed E-state index contributed by atoms with van der Waals surface area (Å²) < 4.78 is -0.362. The molecule has 10 nitrogen and oxygen atoms in total. The molecule has 2 fully saturated rings. The van der Waals surface area contributed by atoms with Gasteiger partial charge in [0.2, 0.25) is 5.91 Å². The molecule has 1 aromatic heterocycles. The van der Waals surface area contributed by atoms with Crippen molar-refractivity contribution in [1.29, 1.82) is 0 Å². The zero-order chi connectivity index (χ0) is 19.3. The Morgan fingerprint density at radius 1 is 1.37 bits per heavy atom. The number of aliphatic hydroxyl groups excluding tert-OH is 1. The van der Waals surface area contributed by atoms with Gasteiger partial charge in [0, 0.05) is 4.75 Å². The summed E-state index contributed by atoms with van der Waals surface area (Å²) >= 11 is 1.54. The maximum Gasteiger partial charge on any atom is 0.254 e. The summed E-state index contributed by atoms with van der Waals surface area (Å²) in [5, 5.41) is 35.9. The molecular weight excluding hydrogens is 372 g/mol. The van der Waals surface area contributed by atoms with E-state index in [1.807, 2.05) is 13.8 Å². The maximum absolute atomic E-state index is 12.7. The number of tetrazole rings is 1. The highest BCUT2D eigenvalue weighted by atomic mass is 32.2. The van der Waals surface area contributed by atoms with Gasteiger partial charge in [0.1, 0.15) is 23.2 Å². The molecule has 27 heavy (non-hydrogen) atoms. The van der Waals surface area contributed by atoms with Gasteiger partial charge in [0.05, 0.1) is 0 Å². The van der Waals surface area contributed by atoms with Crippen LogP contribution in [0.2, 0.25) is 0 Å². The van der Waals surface area contributed by atoms with E-state index < -0.39 is 18.1 Å². The molecule has 4 rings (SSSR count). The molecule has 4 N–H and O–H groups in total. The first-order valence-corrected chi connectivity index (χ1v) is 9.18. The Labute approximate surface area is 158 Å². The zero-order valence-electron chi connectivity index (χ0n) is 14.5. The number of hydrogen-bond donors (Lipinski definition) is 4. The minimum Gasteiger partial charge on any atom is -0.508 e. The first kappa shape index (κ1) is 17.7. The van der Waals surface area contributed by atoms with Crippen LogP contribution in [0.4, 0.5) is 0 Å². The van der Waals surface area contributed by atoms with Crippen molar-refractivity contribution in [1.82, 2.24) is 30.8 Å². The average molecular weight is 390 g/mol. The molecule has 4 atom stereocenters. The average Bonchev–Trinajstić information content (AvgIpc) is 3.23. The van der Waals surface area contributed by atoms with Gasteiger partial charge in [-0.1, -0.05) is 17.3 Å². The zero-order valence-corrected chi connectivity index (χ0v) is 15.3. The number of aliphatic hydroxyl groups is 1. The predicted molar refractivity (Wildman–Crippen MR) is 94.2 cm³/mol. The van der Waals surface area contributed by atoms with E-state index in [2.05, 4.69) is 25.9 Å². The summed E-state index contributed by atoms with van der Waals surface area (Å²) in [6.45, 7) is 3.96. The molecule has 2 aliphatic rings. The molecule has 0 radical (unpaired) electrons. The topological polar surface area (TPSA) is 144 Å². The van der Waals surface area contributed by atoms with Crippen LogP contribution < -0.4 is 5.32 Å². The van der Waals surface area contributed by atoms with Crippen LogP contribution in [0, 0.1) is 0 Å². The van der Waals surface area contributed by atoms with Crippen molar-refractivity contribution < 1.29 is 19.8 Å². The fourth-order valence-electron chi connectivity index (χ4n) is 3.49. The van der Waals surface area contributed by atoms with Gasteiger partial charge < -0.3 is 20.4 Å². The first-order valence-electron chi connectivity index (χ1n) is 8.30. The number of benzene rings is 1. The predicted octanol–water partition coefficient (Wildman–Crippen LogP) is -0.142. The number of aromatic nitrogens is 4. The van der Waals surface area contributed by atoms with Crippen LogP contribution in [0.1, 0.15) is 37.4 Å². The molecule has 2 aliphatic heterocycles. The van der Waals surface area contributed by atoms with E-state index in [0.717, 1.165) is 0 Å². The van der Waals surface area contributed by atoms with Gasteiger partial charge in [-0.15, -0.1) is 22.0 Å². The van der Waals surface area contributed by atoms with Crippen LogP contribution in [0.25, 0.3) is 0 Å². The Kier molecular flexibility index (Phi) is 4.07. The molecule has 2 amide bonds. The van der Waals surface area contributed by atoms with Gasteiger partial charge >= 0.3 is 0 Å². The SMILES string of the molecule is CC1(C)S[C@H]2C(NC(=O)C(O)c3ccc(O)cc3)C(=O)N2C1c1nn[nH]n1. The van der Waals surface area contributed by atoms with Crippen molar-refractivity contribution in [2.24, 2.45) is 0 Å². The summed E-state index contributed by atoms with van der Waals surface area (Å²) in [6, 6.07) is 4.58. The van der Waals surface area contributed by atoms with Gasteiger partial charge in [-0.3, -0.25) is 9.59 Å². The molecule has 3 unspecified atom stereocenters. The lowest BCUT2D eigenvalue weighted by Gasteiger charge is -2.44. The van der Waals surface area contributed by atoms with E-state index in [-0.39, 0.29) is 27.8 Å². The van der Waals surface area contributed by atoms with Crippen LogP contribution >= 0.6 is 11.8 Å². The van der Waals surface area contributed by atoms with E-state index in [9.17, 15) is 19.8 Å². The number of phenols is 1. The minimum absolute atomic E-state index is 0.0354. The Morgan fingerprint density at radius 3 is 2.70 bits per heavy atom. The standard InChI is InChI=1S/C16H18N6O4S/c1-16(2)11(12-18-20-21-19-12)22-14(26)9(15(22)27-16)17-13(25)10(24)7-3-5-8(23)6-4-7/h3-6,9-11,15,23-24H,1-2H3,(H,17,25)(H,18,19,20,21)/t9?,10?,11?,15-/m0/s1. The third-order valence-electron chi connectivity index (χ3n) is 4.80. The van der Waals surface area contributed by atoms with Crippen molar-refractivity contribution in [2.45, 2.75) is 42.2 Å². The van der Waals surface area contributed by atoms with Crippen molar-refractivity contribution in [3.05, 3.63) is 35.7 Å². The van der Waals surface area contributed by atoms with Gasteiger partial charge in [-0.2, -0.15) is 5.21 Å². The van der Waals surface area contributed by atoms with Crippen molar-refractivity contribution in [3.63, 3.8) is 0 Å². The second-order valence-electron chi connectivity index (χ2n) is 7.01. The van der Waals surface area contributed by atoms with Gasteiger partial charge in [-0.05, 0) is 31.5 Å². The molecule has 2 saturated heterocycles. The fraction of sp³-hybridized carbons (Fsp3) is 0.438. The van der Waals surface area contributed by atoms with Crippen LogP contribution in [0.3, 0.4) is 0 Å². The van der Waals surface area contributed by atoms with Crippen molar-refractivity contribution >= 4 is 23.6 Å². The Balaban J connectivity index is 1.48. The molecule has 0 bridgehead atoms. The highest BCUT2D eigenvalue weighted by molar-refractivity contribution is 8.01. The Morgan fingerprint density at radius 2 is 2.07 bits per heavy atom. The molecule has 1 aromatic carbocycles. The number of nitrogens with zero attached hydrogens (tertiary/aromatic N) is 4. The van der Waals surface area contributed by atoms with E-state index >= 15 is 0 Å². The molecular formula is C16H18N6O4S. The summed E-state index contributed by atoms with van der Waals surface area (Å²) in [5.41, 5.74) is 0.331. The molecule has 2 aromatic rings. The van der Waals surface area contributed by atoms with Crippen LogP contribution in [0.15, 0.2) is 24.3 Å². The van der Waals surface area contributed by atoms with Crippen molar-refractivity contribution in [2.75, 3.05) is 0 Å². The lowest BCUT2D eigenvalue weighted by Crippen LogP contribution is -2.68. The monoisotopic (exact) mass is 390 g/mol. The highest BCUT2D eigenvalue weighted by Gasteiger charge is 2.63. The molecule has 0 aliphatic carbocycles. The number of nitrogens with one attached hydrogen (secondary N) is 2. The second-order valence-corrected chi connectivity index (χ2v) is 8.78. The third-order valence-corrected chi connectivity index (χ3v) is 6.37.